The molecule has 7 heteroatoms. The zero-order chi connectivity index (χ0) is 22.0. The van der Waals surface area contributed by atoms with Gasteiger partial charge in [-0.1, -0.05) is 37.6 Å². The van der Waals surface area contributed by atoms with Crippen molar-refractivity contribution >= 4 is 28.4 Å². The number of nitrogens with zero attached hydrogens (tertiary/aromatic N) is 3. The van der Waals surface area contributed by atoms with Gasteiger partial charge in [-0.25, -0.2) is 9.37 Å². The third-order valence-corrected chi connectivity index (χ3v) is 5.34. The van der Waals surface area contributed by atoms with E-state index in [4.69, 9.17) is 16.6 Å². The first-order valence-electron chi connectivity index (χ1n) is 10.0. The van der Waals surface area contributed by atoms with Crippen LogP contribution in [-0.2, 0) is 4.79 Å². The Morgan fingerprint density at radius 1 is 1.20 bits per heavy atom. The topological polar surface area (TPSA) is 55.2 Å². The molecule has 2 aromatic carbocycles. The molecule has 0 saturated carbocycles. The summed E-state index contributed by atoms with van der Waals surface area (Å²) in [4.78, 5) is 32.7. The molecule has 158 valence electrons. The number of hydrogen-bond donors (Lipinski definition) is 0. The van der Waals surface area contributed by atoms with Gasteiger partial charge in [0.25, 0.3) is 5.56 Å². The number of carbonyl (C=O) groups excluding carboxylic acids is 1. The van der Waals surface area contributed by atoms with Gasteiger partial charge in [-0.05, 0) is 50.1 Å². The van der Waals surface area contributed by atoms with Crippen molar-refractivity contribution in [3.63, 3.8) is 0 Å². The van der Waals surface area contributed by atoms with Crippen molar-refractivity contribution in [1.29, 1.82) is 0 Å². The molecule has 5 nitrogen and oxygen atoms in total. The summed E-state index contributed by atoms with van der Waals surface area (Å²) in [5.41, 5.74) is 0.650. The third-order valence-electron chi connectivity index (χ3n) is 5.05. The molecule has 0 spiro atoms. The molecule has 3 aromatic rings. The van der Waals surface area contributed by atoms with Gasteiger partial charge in [0, 0.05) is 13.0 Å². The minimum atomic E-state index is -0.570. The predicted molar refractivity (Wildman–Crippen MR) is 118 cm³/mol. The van der Waals surface area contributed by atoms with Crippen LogP contribution in [0, 0.1) is 11.7 Å². The maximum Gasteiger partial charge on any atom is 0.266 e. The molecule has 0 aliphatic heterocycles. The Morgan fingerprint density at radius 3 is 2.53 bits per heavy atom. The number of hydrogen-bond acceptors (Lipinski definition) is 3. The van der Waals surface area contributed by atoms with Gasteiger partial charge < -0.3 is 4.90 Å². The second kappa shape index (κ2) is 8.96. The predicted octanol–water partition coefficient (Wildman–Crippen LogP) is 5.13. The summed E-state index contributed by atoms with van der Waals surface area (Å²) in [6.45, 7) is 8.19. The van der Waals surface area contributed by atoms with Gasteiger partial charge in [0.2, 0.25) is 5.91 Å². The first kappa shape index (κ1) is 22.0. The van der Waals surface area contributed by atoms with Gasteiger partial charge in [0.15, 0.2) is 0 Å². The van der Waals surface area contributed by atoms with Gasteiger partial charge in [0.1, 0.15) is 11.6 Å². The fraction of sp³-hybridized carbons (Fsp3) is 0.348. The summed E-state index contributed by atoms with van der Waals surface area (Å²) in [5.74, 6) is 0.0342. The van der Waals surface area contributed by atoms with E-state index in [-0.39, 0.29) is 22.4 Å². The summed E-state index contributed by atoms with van der Waals surface area (Å²) >= 11 is 5.99. The van der Waals surface area contributed by atoms with Crippen molar-refractivity contribution < 1.29 is 9.18 Å². The van der Waals surface area contributed by atoms with Crippen LogP contribution < -0.4 is 5.56 Å². The van der Waals surface area contributed by atoms with E-state index in [0.29, 0.717) is 35.4 Å². The van der Waals surface area contributed by atoms with E-state index in [9.17, 15) is 14.0 Å². The van der Waals surface area contributed by atoms with Gasteiger partial charge in [0.05, 0.1) is 27.7 Å². The SMILES string of the molecule is CCN(C(=O)CC(C)C)C(C)c1nc2ccccc2c(=O)n1-c1ccc(F)c(Cl)c1. The number of carbonyl (C=O) groups is 1. The molecule has 0 N–H and O–H groups in total. The summed E-state index contributed by atoms with van der Waals surface area (Å²) in [5, 5.41) is 0.347. The first-order valence-corrected chi connectivity index (χ1v) is 10.4. The molecule has 0 fully saturated rings. The van der Waals surface area contributed by atoms with Gasteiger partial charge in [-0.2, -0.15) is 0 Å². The van der Waals surface area contributed by atoms with Crippen LogP contribution in [0.3, 0.4) is 0 Å². The highest BCUT2D eigenvalue weighted by atomic mass is 35.5. The maximum atomic E-state index is 13.7. The third kappa shape index (κ3) is 4.24. The largest absolute Gasteiger partial charge is 0.333 e. The minimum absolute atomic E-state index is 0.00824. The standard InChI is InChI=1S/C23H25ClFN3O2/c1-5-27(21(29)12-14(2)3)15(4)22-26-20-9-7-6-8-17(20)23(30)28(22)16-10-11-19(25)18(24)13-16/h6-11,13-15H,5,12H2,1-4H3. The van der Waals surface area contributed by atoms with E-state index in [1.807, 2.05) is 33.8 Å². The van der Waals surface area contributed by atoms with Crippen molar-refractivity contribution in [2.75, 3.05) is 6.54 Å². The summed E-state index contributed by atoms with van der Waals surface area (Å²) in [6, 6.07) is 10.7. The molecule has 0 aliphatic rings. The van der Waals surface area contributed by atoms with Gasteiger partial charge in [-0.15, -0.1) is 0 Å². The van der Waals surface area contributed by atoms with Gasteiger partial charge >= 0.3 is 0 Å². The van der Waals surface area contributed by atoms with Crippen LogP contribution >= 0.6 is 11.6 Å². The number of amides is 1. The molecular formula is C23H25ClFN3O2. The second-order valence-corrected chi connectivity index (χ2v) is 8.09. The van der Waals surface area contributed by atoms with Crippen molar-refractivity contribution in [3.8, 4) is 5.69 Å². The molecule has 0 radical (unpaired) electrons. The summed E-state index contributed by atoms with van der Waals surface area (Å²) < 4.78 is 15.2. The fourth-order valence-corrected chi connectivity index (χ4v) is 3.75. The lowest BCUT2D eigenvalue weighted by molar-refractivity contribution is -0.134. The molecule has 0 aliphatic carbocycles. The number of fused-ring (bicyclic) bond motifs is 1. The fourth-order valence-electron chi connectivity index (χ4n) is 3.58. The van der Waals surface area contributed by atoms with Crippen molar-refractivity contribution in [1.82, 2.24) is 14.5 Å². The molecule has 0 saturated heterocycles. The molecule has 3 rings (SSSR count). The highest BCUT2D eigenvalue weighted by Crippen LogP contribution is 2.26. The van der Waals surface area contributed by atoms with Crippen molar-refractivity contribution in [3.05, 3.63) is 69.5 Å². The number of aromatic nitrogens is 2. The average molecular weight is 430 g/mol. The highest BCUT2D eigenvalue weighted by Gasteiger charge is 2.26. The van der Waals surface area contributed by atoms with Crippen LogP contribution in [0.2, 0.25) is 5.02 Å². The first-order chi connectivity index (χ1) is 14.2. The van der Waals surface area contributed by atoms with E-state index < -0.39 is 11.9 Å². The average Bonchev–Trinajstić information content (AvgIpc) is 2.70. The summed E-state index contributed by atoms with van der Waals surface area (Å²) in [7, 11) is 0. The maximum absolute atomic E-state index is 13.7. The number of rotatable bonds is 6. The van der Waals surface area contributed by atoms with Crippen LogP contribution in [0.4, 0.5) is 4.39 Å². The van der Waals surface area contributed by atoms with E-state index in [0.717, 1.165) is 0 Å². The Bertz CT molecular complexity index is 1140. The lowest BCUT2D eigenvalue weighted by atomic mass is 10.1. The van der Waals surface area contributed by atoms with Gasteiger partial charge in [-0.3, -0.25) is 14.2 Å². The van der Waals surface area contributed by atoms with Crippen LogP contribution in [0.5, 0.6) is 0 Å². The zero-order valence-electron chi connectivity index (χ0n) is 17.5. The Balaban J connectivity index is 2.25. The van der Waals surface area contributed by atoms with Crippen molar-refractivity contribution in [2.24, 2.45) is 5.92 Å². The smallest absolute Gasteiger partial charge is 0.266 e. The molecule has 1 amide bonds. The monoisotopic (exact) mass is 429 g/mol. The molecule has 30 heavy (non-hydrogen) atoms. The summed E-state index contributed by atoms with van der Waals surface area (Å²) in [6.07, 6.45) is 0.401. The minimum Gasteiger partial charge on any atom is -0.333 e. The Labute approximate surface area is 180 Å². The van der Waals surface area contributed by atoms with Crippen LogP contribution in [-0.4, -0.2) is 26.9 Å². The Morgan fingerprint density at radius 2 is 1.90 bits per heavy atom. The van der Waals surface area contributed by atoms with Crippen molar-refractivity contribution in [2.45, 2.75) is 40.2 Å². The van der Waals surface area contributed by atoms with E-state index in [1.54, 1.807) is 23.1 Å². The lowest BCUT2D eigenvalue weighted by Crippen LogP contribution is -2.37. The number of para-hydroxylation sites is 1. The number of halogens is 2. The zero-order valence-corrected chi connectivity index (χ0v) is 18.3. The molecule has 1 heterocycles. The van der Waals surface area contributed by atoms with E-state index in [1.165, 1.54) is 22.8 Å². The number of benzene rings is 2. The second-order valence-electron chi connectivity index (χ2n) is 7.68. The van der Waals surface area contributed by atoms with E-state index in [2.05, 4.69) is 0 Å². The normalized spacial score (nSPS) is 12.4. The quantitative estimate of drug-likeness (QED) is 0.545. The highest BCUT2D eigenvalue weighted by molar-refractivity contribution is 6.30. The van der Waals surface area contributed by atoms with Crippen LogP contribution in [0.15, 0.2) is 47.3 Å². The Kier molecular flexibility index (Phi) is 6.56. The van der Waals surface area contributed by atoms with Crippen LogP contribution in [0.25, 0.3) is 16.6 Å². The lowest BCUT2D eigenvalue weighted by Gasteiger charge is -2.30. The molecular weight excluding hydrogens is 405 g/mol. The Hall–Kier alpha value is -2.73. The molecule has 0 bridgehead atoms. The molecule has 1 unspecified atom stereocenters. The van der Waals surface area contributed by atoms with Crippen LogP contribution in [0.1, 0.15) is 46.0 Å². The molecule has 1 aromatic heterocycles. The molecule has 1 atom stereocenters. The van der Waals surface area contributed by atoms with E-state index >= 15 is 0 Å².